The van der Waals surface area contributed by atoms with Gasteiger partial charge in [0.15, 0.2) is 0 Å². The molecule has 136 valence electrons. The predicted octanol–water partition coefficient (Wildman–Crippen LogP) is 5.67. The Hall–Kier alpha value is -0.870. The van der Waals surface area contributed by atoms with Gasteiger partial charge in [0.2, 0.25) is 0 Å². The molecule has 0 aromatic heterocycles. The maximum atomic E-state index is 10.9. The van der Waals surface area contributed by atoms with E-state index in [9.17, 15) is 4.79 Å². The number of allylic oxidation sites excluding steroid dienone is 1. The molecule has 23 heavy (non-hydrogen) atoms. The van der Waals surface area contributed by atoms with Gasteiger partial charge in [0, 0.05) is 6.42 Å². The molecule has 0 saturated heterocycles. The van der Waals surface area contributed by atoms with E-state index in [2.05, 4.69) is 22.6 Å². The van der Waals surface area contributed by atoms with E-state index in [1.165, 1.54) is 39.2 Å². The van der Waals surface area contributed by atoms with E-state index in [0.717, 1.165) is 44.9 Å². The summed E-state index contributed by atoms with van der Waals surface area (Å²) in [5.41, 5.74) is 0. The van der Waals surface area contributed by atoms with E-state index >= 15 is 0 Å². The van der Waals surface area contributed by atoms with Gasteiger partial charge < -0.3 is 4.74 Å². The predicted molar refractivity (Wildman–Crippen MR) is 94.4 cm³/mol. The lowest BCUT2D eigenvalue weighted by Gasteiger charge is -2.08. The van der Waals surface area contributed by atoms with Crippen LogP contribution in [0.15, 0.2) is 12.2 Å². The summed E-state index contributed by atoms with van der Waals surface area (Å²) >= 11 is 0. The lowest BCUT2D eigenvalue weighted by atomic mass is 10.1. The Labute approximate surface area is 142 Å². The number of rotatable bonds is 16. The normalized spacial score (nSPS) is 12.7. The Balaban J connectivity index is 3.49. The number of ether oxygens (including phenoxy) is 1. The molecule has 0 radical (unpaired) electrons. The van der Waals surface area contributed by atoms with Gasteiger partial charge in [-0.15, -0.1) is 0 Å². The summed E-state index contributed by atoms with van der Waals surface area (Å²) in [6.45, 7) is 2.22. The molecule has 1 atom stereocenters. The van der Waals surface area contributed by atoms with Crippen LogP contribution in [0.25, 0.3) is 0 Å². The van der Waals surface area contributed by atoms with Crippen LogP contribution >= 0.6 is 0 Å². The first kappa shape index (κ1) is 22.1. The number of hydrogen-bond donors (Lipinski definition) is 1. The molecule has 1 unspecified atom stereocenters. The minimum atomic E-state index is -0.166. The van der Waals surface area contributed by atoms with Crippen molar-refractivity contribution in [3.05, 3.63) is 12.2 Å². The van der Waals surface area contributed by atoms with Gasteiger partial charge >= 0.3 is 5.97 Å². The fraction of sp³-hybridized carbons (Fsp3) is 0.842. The van der Waals surface area contributed by atoms with Crippen molar-refractivity contribution in [2.45, 2.75) is 96.5 Å². The van der Waals surface area contributed by atoms with Gasteiger partial charge in [0.05, 0.1) is 7.11 Å². The zero-order valence-corrected chi connectivity index (χ0v) is 15.1. The van der Waals surface area contributed by atoms with Crippen LogP contribution in [-0.2, 0) is 14.4 Å². The highest BCUT2D eigenvalue weighted by molar-refractivity contribution is 5.68. The molecule has 4 heteroatoms. The van der Waals surface area contributed by atoms with E-state index in [-0.39, 0.29) is 12.1 Å². The maximum absolute atomic E-state index is 10.9. The second-order valence-corrected chi connectivity index (χ2v) is 6.16. The van der Waals surface area contributed by atoms with Crippen LogP contribution in [0.2, 0.25) is 0 Å². The molecule has 0 heterocycles. The molecule has 4 nitrogen and oxygen atoms in total. The number of esters is 1. The third kappa shape index (κ3) is 15.8. The zero-order chi connectivity index (χ0) is 17.2. The van der Waals surface area contributed by atoms with Crippen molar-refractivity contribution < 1.29 is 19.7 Å². The Bertz CT molecular complexity index is 289. The van der Waals surface area contributed by atoms with Crippen LogP contribution in [0, 0.1) is 0 Å². The van der Waals surface area contributed by atoms with Gasteiger partial charge in [-0.25, -0.2) is 4.89 Å². The summed E-state index contributed by atoms with van der Waals surface area (Å²) in [5.74, 6) is -0.123. The highest BCUT2D eigenvalue weighted by Gasteiger charge is 2.04. The van der Waals surface area contributed by atoms with Crippen molar-refractivity contribution in [1.82, 2.24) is 0 Å². The quantitative estimate of drug-likeness (QED) is 0.130. The largest absolute Gasteiger partial charge is 0.469 e. The number of carbonyl (C=O) groups excluding carboxylic acids is 1. The molecule has 0 fully saturated rings. The molecule has 0 aromatic rings. The lowest BCUT2D eigenvalue weighted by Crippen LogP contribution is -2.06. The Kier molecular flexibility index (Phi) is 16.8. The molecular weight excluding hydrogens is 292 g/mol. The van der Waals surface area contributed by atoms with Crippen LogP contribution < -0.4 is 0 Å². The van der Waals surface area contributed by atoms with Gasteiger partial charge in [-0.1, -0.05) is 70.4 Å². The van der Waals surface area contributed by atoms with E-state index in [1.807, 2.05) is 6.08 Å². The summed E-state index contributed by atoms with van der Waals surface area (Å²) in [4.78, 5) is 15.5. The van der Waals surface area contributed by atoms with Crippen LogP contribution in [0.1, 0.15) is 90.4 Å². The van der Waals surface area contributed by atoms with Crippen molar-refractivity contribution in [3.8, 4) is 0 Å². The van der Waals surface area contributed by atoms with Gasteiger partial charge in [-0.3, -0.25) is 10.1 Å². The maximum Gasteiger partial charge on any atom is 0.305 e. The smallest absolute Gasteiger partial charge is 0.305 e. The Morgan fingerprint density at radius 3 is 2.35 bits per heavy atom. The summed E-state index contributed by atoms with van der Waals surface area (Å²) in [6, 6.07) is 0. The molecule has 1 N–H and O–H groups in total. The van der Waals surface area contributed by atoms with E-state index in [0.29, 0.717) is 6.42 Å². The highest BCUT2D eigenvalue weighted by atomic mass is 17.1. The zero-order valence-electron chi connectivity index (χ0n) is 15.1. The lowest BCUT2D eigenvalue weighted by molar-refractivity contribution is -0.267. The van der Waals surface area contributed by atoms with Crippen molar-refractivity contribution in [1.29, 1.82) is 0 Å². The molecule has 0 aromatic carbocycles. The first-order valence-corrected chi connectivity index (χ1v) is 9.28. The average Bonchev–Trinajstić information content (AvgIpc) is 2.57. The molecule has 0 saturated carbocycles. The first-order chi connectivity index (χ1) is 11.2. The van der Waals surface area contributed by atoms with Crippen molar-refractivity contribution in [3.63, 3.8) is 0 Å². The SMILES string of the molecule is CCCCCCCCC(/C=C\CCCCCCC(=O)OC)OO. The highest BCUT2D eigenvalue weighted by Crippen LogP contribution is 2.12. The molecule has 0 aliphatic carbocycles. The third-order valence-corrected chi connectivity index (χ3v) is 4.06. The third-order valence-electron chi connectivity index (χ3n) is 4.06. The molecule has 0 amide bonds. The van der Waals surface area contributed by atoms with Crippen molar-refractivity contribution in [2.24, 2.45) is 0 Å². The van der Waals surface area contributed by atoms with Gasteiger partial charge in [0.25, 0.3) is 0 Å². The van der Waals surface area contributed by atoms with Gasteiger partial charge in [0.1, 0.15) is 6.10 Å². The summed E-state index contributed by atoms with van der Waals surface area (Å²) in [7, 11) is 1.43. The molecule has 0 bridgehead atoms. The van der Waals surface area contributed by atoms with Crippen LogP contribution in [0.5, 0.6) is 0 Å². The average molecular weight is 328 g/mol. The molecular formula is C19H36O4. The summed E-state index contributed by atoms with van der Waals surface area (Å²) < 4.78 is 4.61. The monoisotopic (exact) mass is 328 g/mol. The number of hydrogen-bond acceptors (Lipinski definition) is 4. The Morgan fingerprint density at radius 2 is 1.65 bits per heavy atom. The van der Waals surface area contributed by atoms with Crippen molar-refractivity contribution in [2.75, 3.05) is 7.11 Å². The Morgan fingerprint density at radius 1 is 1.00 bits per heavy atom. The minimum Gasteiger partial charge on any atom is -0.469 e. The number of methoxy groups -OCH3 is 1. The summed E-state index contributed by atoms with van der Waals surface area (Å²) in [6.07, 6.45) is 18.0. The van der Waals surface area contributed by atoms with Gasteiger partial charge in [-0.05, 0) is 25.7 Å². The van der Waals surface area contributed by atoms with Crippen LogP contribution in [-0.4, -0.2) is 24.4 Å². The molecule has 0 spiro atoms. The fourth-order valence-corrected chi connectivity index (χ4v) is 2.55. The van der Waals surface area contributed by atoms with Crippen molar-refractivity contribution >= 4 is 5.97 Å². The van der Waals surface area contributed by atoms with Crippen LogP contribution in [0.3, 0.4) is 0 Å². The van der Waals surface area contributed by atoms with E-state index in [4.69, 9.17) is 5.26 Å². The molecule has 0 aliphatic rings. The van der Waals surface area contributed by atoms with Gasteiger partial charge in [-0.2, -0.15) is 0 Å². The molecule has 0 rings (SSSR count). The van der Waals surface area contributed by atoms with Crippen LogP contribution in [0.4, 0.5) is 0 Å². The van der Waals surface area contributed by atoms with E-state index < -0.39 is 0 Å². The fourth-order valence-electron chi connectivity index (χ4n) is 2.55. The standard InChI is InChI=1S/C19H36O4/c1-3-4-5-6-9-12-15-18(23-21)16-13-10-7-8-11-14-17-19(20)22-2/h13,16,18,21H,3-12,14-15,17H2,1-2H3/b16-13-. The minimum absolute atomic E-state index is 0.123. The van der Waals surface area contributed by atoms with E-state index in [1.54, 1.807) is 0 Å². The molecule has 0 aliphatic heterocycles. The summed E-state index contributed by atoms with van der Waals surface area (Å²) in [5, 5.41) is 8.92. The second kappa shape index (κ2) is 17.5. The first-order valence-electron chi connectivity index (χ1n) is 9.28. The second-order valence-electron chi connectivity index (χ2n) is 6.16. The topological polar surface area (TPSA) is 55.8 Å². The number of unbranched alkanes of at least 4 members (excludes halogenated alkanes) is 9. The number of carbonyl (C=O) groups is 1.